The van der Waals surface area contributed by atoms with Crippen molar-refractivity contribution in [1.29, 1.82) is 0 Å². The highest BCUT2D eigenvalue weighted by Gasteiger charge is 1.87. The molecular weight excluding hydrogens is 148 g/mol. The summed E-state index contributed by atoms with van der Waals surface area (Å²) in [5.74, 6) is 0.269. The molecule has 0 aromatic carbocycles. The van der Waals surface area contributed by atoms with E-state index in [1.54, 1.807) is 6.92 Å². The van der Waals surface area contributed by atoms with Gasteiger partial charge in [-0.15, -0.1) is 6.58 Å². The molecule has 0 spiro atoms. The number of ketones is 1. The normalized spacial score (nSPS) is 10.4. The van der Waals surface area contributed by atoms with Crippen LogP contribution in [0.2, 0.25) is 0 Å². The third-order valence-electron chi connectivity index (χ3n) is 1.61. The minimum atomic E-state index is 0.269. The van der Waals surface area contributed by atoms with Crippen LogP contribution in [0.15, 0.2) is 24.8 Å². The van der Waals surface area contributed by atoms with Crippen LogP contribution in [0.5, 0.6) is 0 Å². The lowest BCUT2D eigenvalue weighted by molar-refractivity contribution is -0.116. The lowest BCUT2D eigenvalue weighted by Crippen LogP contribution is -1.86. The van der Waals surface area contributed by atoms with Crippen molar-refractivity contribution in [2.24, 2.45) is 0 Å². The van der Waals surface area contributed by atoms with Crippen molar-refractivity contribution < 1.29 is 4.79 Å². The van der Waals surface area contributed by atoms with Crippen molar-refractivity contribution in [1.82, 2.24) is 0 Å². The molecule has 1 nitrogen and oxygen atoms in total. The number of unbranched alkanes of at least 4 members (excludes halogenated alkanes) is 2. The molecular formula is C11H18O. The van der Waals surface area contributed by atoms with Crippen molar-refractivity contribution >= 4 is 5.78 Å². The van der Waals surface area contributed by atoms with Crippen molar-refractivity contribution in [3.63, 3.8) is 0 Å². The van der Waals surface area contributed by atoms with Crippen molar-refractivity contribution in [2.45, 2.75) is 39.0 Å². The molecule has 0 radical (unpaired) electrons. The van der Waals surface area contributed by atoms with Crippen molar-refractivity contribution in [3.8, 4) is 0 Å². The van der Waals surface area contributed by atoms with Crippen LogP contribution in [-0.4, -0.2) is 5.78 Å². The Morgan fingerprint density at radius 2 is 1.92 bits per heavy atom. The van der Waals surface area contributed by atoms with E-state index in [1.165, 1.54) is 6.42 Å². The van der Waals surface area contributed by atoms with Crippen LogP contribution in [0.3, 0.4) is 0 Å². The zero-order chi connectivity index (χ0) is 9.23. The Labute approximate surface area is 75.2 Å². The highest BCUT2D eigenvalue weighted by Crippen LogP contribution is 1.99. The standard InChI is InChI=1S/C11H18O/c1-3-4-5-6-7-8-9-10-11(2)12/h3,7-8H,1,4-6,9-10H2,2H3/b8-7+. The van der Waals surface area contributed by atoms with Crippen LogP contribution >= 0.6 is 0 Å². The van der Waals surface area contributed by atoms with E-state index in [1.807, 2.05) is 6.08 Å². The van der Waals surface area contributed by atoms with Gasteiger partial charge < -0.3 is 4.79 Å². The molecule has 0 saturated carbocycles. The van der Waals surface area contributed by atoms with E-state index < -0.39 is 0 Å². The third kappa shape index (κ3) is 9.15. The smallest absolute Gasteiger partial charge is 0.130 e. The zero-order valence-electron chi connectivity index (χ0n) is 7.88. The maximum absolute atomic E-state index is 10.5. The summed E-state index contributed by atoms with van der Waals surface area (Å²) in [5, 5.41) is 0. The Kier molecular flexibility index (Phi) is 7.66. The molecule has 0 saturated heterocycles. The van der Waals surface area contributed by atoms with Gasteiger partial charge in [-0.1, -0.05) is 18.2 Å². The maximum Gasteiger partial charge on any atom is 0.130 e. The summed E-state index contributed by atoms with van der Waals surface area (Å²) < 4.78 is 0. The molecule has 12 heavy (non-hydrogen) atoms. The molecule has 0 N–H and O–H groups in total. The number of hydrogen-bond acceptors (Lipinski definition) is 1. The van der Waals surface area contributed by atoms with Gasteiger partial charge in [0.1, 0.15) is 5.78 Å². The minimum Gasteiger partial charge on any atom is -0.300 e. The largest absolute Gasteiger partial charge is 0.300 e. The number of hydrogen-bond donors (Lipinski definition) is 0. The second-order valence-corrected chi connectivity index (χ2v) is 2.93. The van der Waals surface area contributed by atoms with E-state index in [2.05, 4.69) is 18.7 Å². The molecule has 0 aromatic heterocycles. The molecule has 0 fully saturated rings. The van der Waals surface area contributed by atoms with E-state index in [-0.39, 0.29) is 5.78 Å². The van der Waals surface area contributed by atoms with Crippen molar-refractivity contribution in [2.75, 3.05) is 0 Å². The summed E-state index contributed by atoms with van der Waals surface area (Å²) in [5.41, 5.74) is 0. The Hall–Kier alpha value is -0.850. The summed E-state index contributed by atoms with van der Waals surface area (Å²) in [6.07, 6.45) is 11.1. The number of rotatable bonds is 7. The predicted molar refractivity (Wildman–Crippen MR) is 53.1 cm³/mol. The summed E-state index contributed by atoms with van der Waals surface area (Å²) in [6, 6.07) is 0. The van der Waals surface area contributed by atoms with Gasteiger partial charge in [0.2, 0.25) is 0 Å². The first-order valence-corrected chi connectivity index (χ1v) is 4.52. The number of carbonyl (C=O) groups excluding carboxylic acids is 1. The number of allylic oxidation sites excluding steroid dienone is 3. The fourth-order valence-corrected chi connectivity index (χ4v) is 0.902. The molecule has 0 aromatic rings. The number of carbonyl (C=O) groups is 1. The van der Waals surface area contributed by atoms with Crippen molar-refractivity contribution in [3.05, 3.63) is 24.8 Å². The van der Waals surface area contributed by atoms with Crippen LogP contribution in [0.1, 0.15) is 39.0 Å². The van der Waals surface area contributed by atoms with Gasteiger partial charge >= 0.3 is 0 Å². The fraction of sp³-hybridized carbons (Fsp3) is 0.545. The molecule has 0 heterocycles. The average molecular weight is 166 g/mol. The van der Waals surface area contributed by atoms with Crippen LogP contribution in [0.4, 0.5) is 0 Å². The van der Waals surface area contributed by atoms with E-state index >= 15 is 0 Å². The van der Waals surface area contributed by atoms with Crippen LogP contribution in [-0.2, 0) is 4.79 Å². The molecule has 0 amide bonds. The van der Waals surface area contributed by atoms with Gasteiger partial charge in [-0.05, 0) is 32.6 Å². The molecule has 68 valence electrons. The van der Waals surface area contributed by atoms with E-state index in [0.29, 0.717) is 6.42 Å². The Morgan fingerprint density at radius 3 is 2.50 bits per heavy atom. The average Bonchev–Trinajstić information content (AvgIpc) is 2.02. The van der Waals surface area contributed by atoms with Gasteiger partial charge in [-0.2, -0.15) is 0 Å². The van der Waals surface area contributed by atoms with Gasteiger partial charge in [0.25, 0.3) is 0 Å². The topological polar surface area (TPSA) is 17.1 Å². The van der Waals surface area contributed by atoms with Gasteiger partial charge in [0, 0.05) is 6.42 Å². The second kappa shape index (κ2) is 8.25. The summed E-state index contributed by atoms with van der Waals surface area (Å²) in [7, 11) is 0. The molecule has 0 rings (SSSR count). The minimum absolute atomic E-state index is 0.269. The number of Topliss-reactive ketones (excluding diaryl/α,β-unsaturated/α-hetero) is 1. The third-order valence-corrected chi connectivity index (χ3v) is 1.61. The molecule has 0 aliphatic rings. The van der Waals surface area contributed by atoms with Gasteiger partial charge in [0.15, 0.2) is 0 Å². The quantitative estimate of drug-likeness (QED) is 0.419. The van der Waals surface area contributed by atoms with E-state index in [9.17, 15) is 4.79 Å². The highest BCUT2D eigenvalue weighted by atomic mass is 16.1. The maximum atomic E-state index is 10.5. The molecule has 0 bridgehead atoms. The SMILES string of the molecule is C=CCCC/C=C/CCC(C)=O. The van der Waals surface area contributed by atoms with Gasteiger partial charge in [-0.25, -0.2) is 0 Å². The predicted octanol–water partition coefficient (Wildman–Crippen LogP) is 3.27. The van der Waals surface area contributed by atoms with Crippen LogP contribution in [0.25, 0.3) is 0 Å². The van der Waals surface area contributed by atoms with Gasteiger partial charge in [-0.3, -0.25) is 0 Å². The molecule has 0 atom stereocenters. The molecule has 0 aliphatic heterocycles. The lowest BCUT2D eigenvalue weighted by Gasteiger charge is -1.90. The highest BCUT2D eigenvalue weighted by molar-refractivity contribution is 5.75. The zero-order valence-corrected chi connectivity index (χ0v) is 7.88. The fourth-order valence-electron chi connectivity index (χ4n) is 0.902. The Morgan fingerprint density at radius 1 is 1.25 bits per heavy atom. The lowest BCUT2D eigenvalue weighted by atomic mass is 10.2. The molecule has 0 unspecified atom stereocenters. The first-order valence-electron chi connectivity index (χ1n) is 4.52. The monoisotopic (exact) mass is 166 g/mol. The van der Waals surface area contributed by atoms with Gasteiger partial charge in [0.05, 0.1) is 0 Å². The summed E-state index contributed by atoms with van der Waals surface area (Å²) in [4.78, 5) is 10.5. The van der Waals surface area contributed by atoms with Crippen LogP contribution < -0.4 is 0 Å². The second-order valence-electron chi connectivity index (χ2n) is 2.93. The summed E-state index contributed by atoms with van der Waals surface area (Å²) in [6.45, 7) is 5.28. The molecule has 1 heteroatoms. The summed E-state index contributed by atoms with van der Waals surface area (Å²) >= 11 is 0. The first kappa shape index (κ1) is 11.2. The van der Waals surface area contributed by atoms with E-state index in [0.717, 1.165) is 19.3 Å². The van der Waals surface area contributed by atoms with E-state index in [4.69, 9.17) is 0 Å². The Bertz CT molecular complexity index is 156. The van der Waals surface area contributed by atoms with Crippen LogP contribution in [0, 0.1) is 0 Å². The molecule has 0 aliphatic carbocycles. The first-order chi connectivity index (χ1) is 5.77. The Balaban J connectivity index is 3.14.